The second-order valence-electron chi connectivity index (χ2n) is 6.80. The van der Waals surface area contributed by atoms with Gasteiger partial charge in [-0.05, 0) is 37.3 Å². The maximum atomic E-state index is 12.8. The van der Waals surface area contributed by atoms with Crippen LogP contribution in [0.2, 0.25) is 5.02 Å². The van der Waals surface area contributed by atoms with E-state index < -0.39 is 22.4 Å². The number of aryl methyl sites for hydroxylation is 1. The van der Waals surface area contributed by atoms with Gasteiger partial charge in [-0.25, -0.2) is 15.0 Å². The molecule has 0 aliphatic rings. The molecule has 0 radical (unpaired) electrons. The molecule has 9 nitrogen and oxygen atoms in total. The number of rotatable bonds is 5. The van der Waals surface area contributed by atoms with Crippen molar-refractivity contribution < 1.29 is 18.1 Å². The number of nitrogens with one attached hydrogen (secondary N) is 2. The number of hydrogen-bond acceptors (Lipinski definition) is 8. The summed E-state index contributed by atoms with van der Waals surface area (Å²) in [5.41, 5.74) is 0.388. The lowest BCUT2D eigenvalue weighted by atomic mass is 10.1. The van der Waals surface area contributed by atoms with Crippen molar-refractivity contribution in [2.24, 2.45) is 0 Å². The number of benzene rings is 1. The third-order valence-electron chi connectivity index (χ3n) is 4.53. The van der Waals surface area contributed by atoms with Crippen molar-refractivity contribution in [3.05, 3.63) is 75.3 Å². The van der Waals surface area contributed by atoms with Crippen molar-refractivity contribution in [2.75, 3.05) is 10.6 Å². The largest absolute Gasteiger partial charge is 0.417 e. The molecule has 0 fully saturated rings. The molecule has 33 heavy (non-hydrogen) atoms. The van der Waals surface area contributed by atoms with Crippen LogP contribution < -0.4 is 10.6 Å². The number of halogens is 4. The highest BCUT2D eigenvalue weighted by Gasteiger charge is 2.32. The molecule has 0 bridgehead atoms. The number of alkyl halides is 3. The molecule has 0 spiro atoms. The Morgan fingerprint density at radius 2 is 1.76 bits per heavy atom. The average molecular weight is 476 g/mol. The highest BCUT2D eigenvalue weighted by atomic mass is 35.5. The van der Waals surface area contributed by atoms with E-state index in [9.17, 15) is 23.3 Å². The molecule has 4 aromatic rings. The van der Waals surface area contributed by atoms with Crippen LogP contribution in [-0.4, -0.2) is 24.9 Å². The van der Waals surface area contributed by atoms with E-state index in [4.69, 9.17) is 11.6 Å². The van der Waals surface area contributed by atoms with Gasteiger partial charge in [-0.2, -0.15) is 13.2 Å². The van der Waals surface area contributed by atoms with E-state index in [1.807, 2.05) is 13.0 Å². The first-order valence-corrected chi connectivity index (χ1v) is 9.64. The molecule has 0 amide bonds. The Morgan fingerprint density at radius 1 is 1.03 bits per heavy atom. The summed E-state index contributed by atoms with van der Waals surface area (Å²) < 4.78 is 38.5. The minimum Gasteiger partial charge on any atom is -0.334 e. The van der Waals surface area contributed by atoms with Crippen molar-refractivity contribution in [2.45, 2.75) is 13.1 Å². The molecule has 13 heteroatoms. The molecule has 3 aromatic heterocycles. The van der Waals surface area contributed by atoms with E-state index >= 15 is 0 Å². The first-order chi connectivity index (χ1) is 15.6. The number of anilines is 4. The Hall–Kier alpha value is -4.06. The lowest BCUT2D eigenvalue weighted by Gasteiger charge is -2.13. The van der Waals surface area contributed by atoms with Crippen LogP contribution in [0.25, 0.3) is 10.9 Å². The van der Waals surface area contributed by atoms with E-state index in [2.05, 4.69) is 30.6 Å². The third-order valence-corrected chi connectivity index (χ3v) is 4.82. The van der Waals surface area contributed by atoms with Crippen LogP contribution in [0.5, 0.6) is 0 Å². The summed E-state index contributed by atoms with van der Waals surface area (Å²) >= 11 is 5.90. The normalized spacial score (nSPS) is 11.4. The molecule has 0 saturated heterocycles. The minimum absolute atomic E-state index is 0.145. The Balaban J connectivity index is 1.73. The zero-order valence-electron chi connectivity index (χ0n) is 16.7. The lowest BCUT2D eigenvalue weighted by molar-refractivity contribution is -0.383. The summed E-state index contributed by atoms with van der Waals surface area (Å²) in [5.74, 6) is -0.684. The van der Waals surface area contributed by atoms with Crippen LogP contribution >= 0.6 is 11.6 Å². The molecule has 2 N–H and O–H groups in total. The van der Waals surface area contributed by atoms with Gasteiger partial charge in [-0.1, -0.05) is 17.7 Å². The predicted molar refractivity (Wildman–Crippen MR) is 116 cm³/mol. The standard InChI is InChI=1S/C20H13ClF3N7O2/c1-10-5-6-12-14(28-10)3-2-4-15(12)29-18-16(31(32)33)19(27-9-26-18)30-17-13(21)7-11(8-25-17)20(22,23)24/h2-9H,1H3,(H2,25,26,27,29,30). The Labute approximate surface area is 188 Å². The van der Waals surface area contributed by atoms with E-state index in [1.165, 1.54) is 0 Å². The zero-order chi connectivity index (χ0) is 23.8. The molecule has 0 aliphatic heterocycles. The lowest BCUT2D eigenvalue weighted by Crippen LogP contribution is -2.08. The van der Waals surface area contributed by atoms with Gasteiger partial charge >= 0.3 is 11.9 Å². The summed E-state index contributed by atoms with van der Waals surface area (Å²) in [6, 6.07) is 9.51. The third kappa shape index (κ3) is 4.60. The molecule has 0 atom stereocenters. The molecule has 1 aromatic carbocycles. The highest BCUT2D eigenvalue weighted by Crippen LogP contribution is 2.37. The van der Waals surface area contributed by atoms with Gasteiger partial charge in [0.2, 0.25) is 11.6 Å². The maximum absolute atomic E-state index is 12.8. The molecule has 0 saturated carbocycles. The second kappa shape index (κ2) is 8.47. The number of nitro groups is 1. The van der Waals surface area contributed by atoms with E-state index in [0.29, 0.717) is 28.9 Å². The number of aromatic nitrogens is 4. The van der Waals surface area contributed by atoms with Crippen LogP contribution in [0.3, 0.4) is 0 Å². The summed E-state index contributed by atoms with van der Waals surface area (Å²) in [7, 11) is 0. The average Bonchev–Trinajstić information content (AvgIpc) is 2.74. The monoisotopic (exact) mass is 475 g/mol. The Morgan fingerprint density at radius 3 is 2.42 bits per heavy atom. The van der Waals surface area contributed by atoms with Crippen LogP contribution in [0.1, 0.15) is 11.3 Å². The number of nitrogens with zero attached hydrogens (tertiary/aromatic N) is 5. The Kier molecular flexibility index (Phi) is 5.68. The van der Waals surface area contributed by atoms with Gasteiger partial charge in [-0.3, -0.25) is 15.1 Å². The van der Waals surface area contributed by atoms with Crippen LogP contribution in [0.15, 0.2) is 48.9 Å². The molecule has 0 unspecified atom stereocenters. The first kappa shape index (κ1) is 22.1. The fourth-order valence-corrected chi connectivity index (χ4v) is 3.24. The van der Waals surface area contributed by atoms with Gasteiger partial charge in [0.1, 0.15) is 6.33 Å². The fourth-order valence-electron chi connectivity index (χ4n) is 3.03. The van der Waals surface area contributed by atoms with Gasteiger partial charge in [0.25, 0.3) is 0 Å². The Bertz CT molecular complexity index is 1380. The van der Waals surface area contributed by atoms with Crippen molar-refractivity contribution in [1.82, 2.24) is 19.9 Å². The molecular weight excluding hydrogens is 463 g/mol. The van der Waals surface area contributed by atoms with Crippen LogP contribution in [0.4, 0.5) is 42.0 Å². The van der Waals surface area contributed by atoms with Gasteiger partial charge in [0, 0.05) is 23.0 Å². The van der Waals surface area contributed by atoms with Crippen molar-refractivity contribution in [1.29, 1.82) is 0 Å². The fraction of sp³-hybridized carbons (Fsp3) is 0.100. The van der Waals surface area contributed by atoms with Gasteiger partial charge < -0.3 is 10.6 Å². The highest BCUT2D eigenvalue weighted by molar-refractivity contribution is 6.33. The molecule has 0 aliphatic carbocycles. The second-order valence-corrected chi connectivity index (χ2v) is 7.21. The van der Waals surface area contributed by atoms with Crippen molar-refractivity contribution >= 4 is 51.3 Å². The molecular formula is C20H13ClF3N7O2. The van der Waals surface area contributed by atoms with Crippen LogP contribution in [-0.2, 0) is 6.18 Å². The summed E-state index contributed by atoms with van der Waals surface area (Å²) in [5, 5.41) is 17.6. The van der Waals surface area contributed by atoms with Crippen molar-refractivity contribution in [3.8, 4) is 0 Å². The SMILES string of the molecule is Cc1ccc2c(Nc3ncnc(Nc4ncc(C(F)(F)F)cc4Cl)c3[N+](=O)[O-])cccc2n1. The van der Waals surface area contributed by atoms with Crippen LogP contribution in [0, 0.1) is 17.0 Å². The summed E-state index contributed by atoms with van der Waals surface area (Å²) in [6.07, 6.45) is -3.02. The number of pyridine rings is 2. The first-order valence-electron chi connectivity index (χ1n) is 9.26. The topological polar surface area (TPSA) is 119 Å². The zero-order valence-corrected chi connectivity index (χ0v) is 17.4. The smallest absolute Gasteiger partial charge is 0.334 e. The minimum atomic E-state index is -4.64. The maximum Gasteiger partial charge on any atom is 0.417 e. The van der Waals surface area contributed by atoms with Gasteiger partial charge in [-0.15, -0.1) is 0 Å². The van der Waals surface area contributed by atoms with Gasteiger partial charge in [0.05, 0.1) is 21.0 Å². The molecule has 4 rings (SSSR count). The van der Waals surface area contributed by atoms with E-state index in [1.54, 1.807) is 24.3 Å². The molecule has 3 heterocycles. The van der Waals surface area contributed by atoms with Gasteiger partial charge in [0.15, 0.2) is 5.82 Å². The summed E-state index contributed by atoms with van der Waals surface area (Å²) in [6.45, 7) is 1.84. The number of hydrogen-bond donors (Lipinski definition) is 2. The van der Waals surface area contributed by atoms with E-state index in [-0.39, 0.29) is 22.5 Å². The van der Waals surface area contributed by atoms with Crippen molar-refractivity contribution in [3.63, 3.8) is 0 Å². The number of fused-ring (bicyclic) bond motifs is 1. The quantitative estimate of drug-likeness (QED) is 0.275. The summed E-state index contributed by atoms with van der Waals surface area (Å²) in [4.78, 5) is 27.0. The molecule has 168 valence electrons. The van der Waals surface area contributed by atoms with E-state index in [0.717, 1.165) is 12.0 Å². The predicted octanol–water partition coefficient (Wildman–Crippen LogP) is 5.80.